The van der Waals surface area contributed by atoms with Gasteiger partial charge in [0, 0.05) is 0 Å². The van der Waals surface area contributed by atoms with Crippen molar-refractivity contribution in [2.75, 3.05) is 6.54 Å². The second-order valence-corrected chi connectivity index (χ2v) is 4.89. The van der Waals surface area contributed by atoms with Gasteiger partial charge in [0.25, 0.3) is 11.1 Å². The van der Waals surface area contributed by atoms with Crippen molar-refractivity contribution in [3.63, 3.8) is 0 Å². The smallest absolute Gasteiger partial charge is 0.323 e. The summed E-state index contributed by atoms with van der Waals surface area (Å²) in [5.41, 5.74) is 1.14. The average Bonchev–Trinajstić information content (AvgIpc) is 2.67. The highest BCUT2D eigenvalue weighted by Gasteiger charge is 2.36. The highest BCUT2D eigenvalue weighted by Crippen LogP contribution is 2.31. The number of hydrogen-bond donors (Lipinski definition) is 1. The molecule has 1 fully saturated rings. The molecule has 1 saturated heterocycles. The molecule has 0 spiro atoms. The molecule has 0 saturated carbocycles. The molecule has 1 N–H and O–H groups in total. The number of carbonyl (C=O) groups is 3. The molecular weight excluding hydrogens is 280 g/mol. The third-order valence-electron chi connectivity index (χ3n) is 2.50. The lowest BCUT2D eigenvalue weighted by Gasteiger charge is -2.07. The predicted molar refractivity (Wildman–Crippen MR) is 71.5 cm³/mol. The first-order valence-electron chi connectivity index (χ1n) is 5.48. The van der Waals surface area contributed by atoms with Gasteiger partial charge in [-0.15, -0.1) is 0 Å². The number of nitriles is 1. The molecule has 2 amide bonds. The molecule has 0 radical (unpaired) electrons. The lowest BCUT2D eigenvalue weighted by Crippen LogP contribution is -2.33. The summed E-state index contributed by atoms with van der Waals surface area (Å²) in [6, 6.07) is 8.44. The average molecular weight is 288 g/mol. The van der Waals surface area contributed by atoms with Crippen LogP contribution in [0.25, 0.3) is 6.08 Å². The Balaban J connectivity index is 2.23. The molecule has 0 aromatic heterocycles. The van der Waals surface area contributed by atoms with Gasteiger partial charge >= 0.3 is 5.97 Å². The lowest BCUT2D eigenvalue weighted by molar-refractivity contribution is -0.140. The van der Waals surface area contributed by atoms with Gasteiger partial charge in [0.1, 0.15) is 6.54 Å². The maximum Gasteiger partial charge on any atom is 0.323 e. The maximum absolute atomic E-state index is 11.9. The van der Waals surface area contributed by atoms with Crippen LogP contribution in [0.5, 0.6) is 0 Å². The number of rotatable bonds is 3. The molecule has 0 aliphatic carbocycles. The molecular formula is C13H8N2O4S. The van der Waals surface area contributed by atoms with Crippen LogP contribution in [0.15, 0.2) is 29.2 Å². The fourth-order valence-corrected chi connectivity index (χ4v) is 2.42. The highest BCUT2D eigenvalue weighted by atomic mass is 32.2. The third kappa shape index (κ3) is 2.87. The summed E-state index contributed by atoms with van der Waals surface area (Å²) in [5, 5.41) is 16.7. The maximum atomic E-state index is 11.9. The van der Waals surface area contributed by atoms with Crippen LogP contribution in [0.2, 0.25) is 0 Å². The van der Waals surface area contributed by atoms with Crippen LogP contribution in [0.3, 0.4) is 0 Å². The normalized spacial score (nSPS) is 16.6. The van der Waals surface area contributed by atoms with E-state index in [1.807, 2.05) is 6.07 Å². The van der Waals surface area contributed by atoms with E-state index in [9.17, 15) is 14.4 Å². The third-order valence-corrected chi connectivity index (χ3v) is 3.41. The van der Waals surface area contributed by atoms with Crippen molar-refractivity contribution in [3.8, 4) is 6.07 Å². The standard InChI is InChI=1S/C13H8N2O4S/c14-6-9-3-1-8(2-4-9)5-10-12(18)15(7-11(16)17)13(19)20-10/h1-5H,7H2,(H,16,17)/b10-5-. The molecule has 1 heterocycles. The molecule has 20 heavy (non-hydrogen) atoms. The van der Waals surface area contributed by atoms with Crippen LogP contribution in [-0.4, -0.2) is 33.7 Å². The molecule has 2 rings (SSSR count). The van der Waals surface area contributed by atoms with Crippen molar-refractivity contribution >= 4 is 35.0 Å². The summed E-state index contributed by atoms with van der Waals surface area (Å²) >= 11 is 0.699. The van der Waals surface area contributed by atoms with Crippen LogP contribution in [0, 0.1) is 11.3 Å². The number of carboxylic acids is 1. The number of thioether (sulfide) groups is 1. The minimum atomic E-state index is -1.24. The predicted octanol–water partition coefficient (Wildman–Crippen LogP) is 1.68. The summed E-state index contributed by atoms with van der Waals surface area (Å²) in [4.78, 5) is 34.8. The zero-order chi connectivity index (χ0) is 14.7. The Morgan fingerprint density at radius 2 is 2.00 bits per heavy atom. The van der Waals surface area contributed by atoms with Crippen LogP contribution in [0.1, 0.15) is 11.1 Å². The largest absolute Gasteiger partial charge is 0.480 e. The lowest BCUT2D eigenvalue weighted by atomic mass is 10.1. The SMILES string of the molecule is N#Cc1ccc(/C=C2\SC(=O)N(CC(=O)O)C2=O)cc1. The number of benzene rings is 1. The zero-order valence-corrected chi connectivity index (χ0v) is 10.9. The molecule has 1 aromatic rings. The van der Waals surface area contributed by atoms with E-state index in [1.165, 1.54) is 6.08 Å². The van der Waals surface area contributed by atoms with Gasteiger partial charge in [-0.3, -0.25) is 19.3 Å². The quantitative estimate of drug-likeness (QED) is 0.850. The Labute approximate surface area is 118 Å². The molecule has 0 bridgehead atoms. The molecule has 0 unspecified atom stereocenters. The molecule has 6 nitrogen and oxygen atoms in total. The summed E-state index contributed by atoms with van der Waals surface area (Å²) < 4.78 is 0. The van der Waals surface area contributed by atoms with Crippen molar-refractivity contribution < 1.29 is 19.5 Å². The minimum Gasteiger partial charge on any atom is -0.480 e. The first-order valence-corrected chi connectivity index (χ1v) is 6.30. The van der Waals surface area contributed by atoms with Gasteiger partial charge in [-0.1, -0.05) is 12.1 Å². The van der Waals surface area contributed by atoms with Gasteiger partial charge in [-0.2, -0.15) is 5.26 Å². The van der Waals surface area contributed by atoms with Gasteiger partial charge in [0.15, 0.2) is 0 Å². The number of carboxylic acid groups (broad SMARTS) is 1. The first-order chi connectivity index (χ1) is 9.51. The Morgan fingerprint density at radius 3 is 2.55 bits per heavy atom. The van der Waals surface area contributed by atoms with Gasteiger partial charge < -0.3 is 5.11 Å². The molecule has 1 aliphatic rings. The minimum absolute atomic E-state index is 0.168. The Bertz CT molecular complexity index is 658. The Morgan fingerprint density at radius 1 is 1.35 bits per heavy atom. The first kappa shape index (κ1) is 13.8. The molecule has 0 atom stereocenters. The van der Waals surface area contributed by atoms with E-state index < -0.39 is 23.7 Å². The molecule has 7 heteroatoms. The number of nitrogens with zero attached hydrogens (tertiary/aromatic N) is 2. The van der Waals surface area contributed by atoms with Gasteiger partial charge in [0.05, 0.1) is 16.5 Å². The van der Waals surface area contributed by atoms with Crippen LogP contribution in [0.4, 0.5) is 4.79 Å². The fraction of sp³-hybridized carbons (Fsp3) is 0.0769. The number of imide groups is 1. The highest BCUT2D eigenvalue weighted by molar-refractivity contribution is 8.18. The molecule has 100 valence electrons. The molecule has 1 aromatic carbocycles. The monoisotopic (exact) mass is 288 g/mol. The van der Waals surface area contributed by atoms with E-state index >= 15 is 0 Å². The van der Waals surface area contributed by atoms with E-state index in [0.29, 0.717) is 27.8 Å². The van der Waals surface area contributed by atoms with Crippen molar-refractivity contribution in [3.05, 3.63) is 40.3 Å². The second-order valence-electron chi connectivity index (χ2n) is 3.90. The van der Waals surface area contributed by atoms with Crippen molar-refractivity contribution in [1.29, 1.82) is 5.26 Å². The summed E-state index contributed by atoms with van der Waals surface area (Å²) in [7, 11) is 0. The van der Waals surface area contributed by atoms with Crippen molar-refractivity contribution in [1.82, 2.24) is 4.90 Å². The van der Waals surface area contributed by atoms with Gasteiger partial charge in [-0.25, -0.2) is 0 Å². The summed E-state index contributed by atoms with van der Waals surface area (Å²) in [6.07, 6.45) is 1.49. The number of amides is 2. The van der Waals surface area contributed by atoms with Crippen molar-refractivity contribution in [2.45, 2.75) is 0 Å². The Hall–Kier alpha value is -2.59. The van der Waals surface area contributed by atoms with E-state index in [0.717, 1.165) is 0 Å². The topological polar surface area (TPSA) is 98.5 Å². The summed E-state index contributed by atoms with van der Waals surface area (Å²) in [6.45, 7) is -0.643. The number of hydrogen-bond acceptors (Lipinski definition) is 5. The molecule has 1 aliphatic heterocycles. The van der Waals surface area contributed by atoms with Crippen LogP contribution < -0.4 is 0 Å². The van der Waals surface area contributed by atoms with E-state index in [2.05, 4.69) is 0 Å². The zero-order valence-electron chi connectivity index (χ0n) is 10.1. The summed E-state index contributed by atoms with van der Waals surface area (Å²) in [5.74, 6) is -1.86. The van der Waals surface area contributed by atoms with Gasteiger partial charge in [0.2, 0.25) is 0 Å². The number of carbonyl (C=O) groups excluding carboxylic acids is 2. The number of aliphatic carboxylic acids is 1. The van der Waals surface area contributed by atoms with E-state index in [-0.39, 0.29) is 4.91 Å². The van der Waals surface area contributed by atoms with Crippen molar-refractivity contribution in [2.24, 2.45) is 0 Å². The second kappa shape index (κ2) is 5.59. The van der Waals surface area contributed by atoms with E-state index in [1.54, 1.807) is 24.3 Å². The van der Waals surface area contributed by atoms with Crippen LogP contribution >= 0.6 is 11.8 Å². The van der Waals surface area contributed by atoms with Gasteiger partial charge in [-0.05, 0) is 35.5 Å². The fourth-order valence-electron chi connectivity index (χ4n) is 1.58. The van der Waals surface area contributed by atoms with E-state index in [4.69, 9.17) is 10.4 Å². The Kier molecular flexibility index (Phi) is 3.86. The van der Waals surface area contributed by atoms with Crippen LogP contribution in [-0.2, 0) is 9.59 Å².